The summed E-state index contributed by atoms with van der Waals surface area (Å²) in [6.07, 6.45) is 5.24. The maximum Gasteiger partial charge on any atom is 0.257 e. The molecule has 4 rings (SSSR count). The van der Waals surface area contributed by atoms with Crippen molar-refractivity contribution in [1.29, 1.82) is 0 Å². The number of carbonyl (C=O) groups is 2. The fourth-order valence-corrected chi connectivity index (χ4v) is 3.32. The zero-order chi connectivity index (χ0) is 20.5. The number of hydrogen-bond donors (Lipinski definition) is 1. The van der Waals surface area contributed by atoms with E-state index in [-0.39, 0.29) is 11.8 Å². The molecule has 1 N–H and O–H groups in total. The number of hydrogen-bond acceptors (Lipinski definition) is 4. The number of amides is 1. The van der Waals surface area contributed by atoms with Gasteiger partial charge in [0.2, 0.25) is 5.91 Å². The van der Waals surface area contributed by atoms with Gasteiger partial charge in [-0.25, -0.2) is 0 Å². The number of nitrogens with zero attached hydrogens (tertiary/aromatic N) is 3. The van der Waals surface area contributed by atoms with E-state index in [1.807, 2.05) is 37.5 Å². The first-order valence-electron chi connectivity index (χ1n) is 9.07. The van der Waals surface area contributed by atoms with E-state index < -0.39 is 0 Å². The van der Waals surface area contributed by atoms with Crippen LogP contribution < -0.4 is 10.1 Å². The van der Waals surface area contributed by atoms with Crippen LogP contribution in [0.1, 0.15) is 22.1 Å². The molecule has 0 saturated carbocycles. The average Bonchev–Trinajstić information content (AvgIpc) is 3.31. The normalized spacial score (nSPS) is 10.9. The largest absolute Gasteiger partial charge is 0.497 e. The van der Waals surface area contributed by atoms with Crippen LogP contribution in [0, 0.1) is 0 Å². The first-order chi connectivity index (χ1) is 14.0. The molecule has 0 fully saturated rings. The number of carbonyl (C=O) groups excluding carboxylic acids is 2. The van der Waals surface area contributed by atoms with Crippen molar-refractivity contribution in [2.45, 2.75) is 6.92 Å². The highest BCUT2D eigenvalue weighted by molar-refractivity contribution is 6.14. The molecule has 4 aromatic rings. The molecule has 2 aromatic carbocycles. The van der Waals surface area contributed by atoms with Crippen LogP contribution in [0.25, 0.3) is 22.0 Å². The monoisotopic (exact) mass is 388 g/mol. The number of aromatic nitrogens is 3. The number of rotatable bonds is 4. The molecule has 7 heteroatoms. The Balaban J connectivity index is 1.70. The van der Waals surface area contributed by atoms with Gasteiger partial charge >= 0.3 is 0 Å². The summed E-state index contributed by atoms with van der Waals surface area (Å²) in [6, 6.07) is 12.8. The minimum Gasteiger partial charge on any atom is -0.497 e. The molecule has 2 heterocycles. The van der Waals surface area contributed by atoms with Crippen molar-refractivity contribution in [1.82, 2.24) is 14.3 Å². The van der Waals surface area contributed by atoms with Crippen LogP contribution in [0.15, 0.2) is 61.1 Å². The number of aryl methyl sites for hydroxylation is 1. The third-order valence-electron chi connectivity index (χ3n) is 4.75. The van der Waals surface area contributed by atoms with E-state index in [0.717, 1.165) is 11.1 Å². The molecule has 146 valence electrons. The molecule has 29 heavy (non-hydrogen) atoms. The molecule has 7 nitrogen and oxygen atoms in total. The van der Waals surface area contributed by atoms with E-state index in [0.29, 0.717) is 27.9 Å². The minimum atomic E-state index is -0.299. The van der Waals surface area contributed by atoms with Crippen LogP contribution in [0.2, 0.25) is 0 Å². The molecule has 0 unspecified atom stereocenters. The van der Waals surface area contributed by atoms with Gasteiger partial charge in [-0.3, -0.25) is 18.8 Å². The van der Waals surface area contributed by atoms with E-state index in [2.05, 4.69) is 10.4 Å². The number of methoxy groups -OCH3 is 1. The summed E-state index contributed by atoms with van der Waals surface area (Å²) in [5, 5.41) is 7.76. The van der Waals surface area contributed by atoms with Crippen LogP contribution >= 0.6 is 0 Å². The highest BCUT2D eigenvalue weighted by atomic mass is 16.5. The van der Waals surface area contributed by atoms with Crippen molar-refractivity contribution in [3.05, 3.63) is 66.6 Å². The Hall–Kier alpha value is -3.87. The fraction of sp³-hybridized carbons (Fsp3) is 0.136. The predicted molar refractivity (Wildman–Crippen MR) is 111 cm³/mol. The Morgan fingerprint density at radius 1 is 1.07 bits per heavy atom. The van der Waals surface area contributed by atoms with Gasteiger partial charge in [-0.05, 0) is 35.9 Å². The molecule has 0 aliphatic carbocycles. The highest BCUT2D eigenvalue weighted by Crippen LogP contribution is 2.28. The van der Waals surface area contributed by atoms with E-state index in [1.165, 1.54) is 11.5 Å². The quantitative estimate of drug-likeness (QED) is 0.574. The van der Waals surface area contributed by atoms with E-state index in [1.54, 1.807) is 42.4 Å². The Bertz CT molecular complexity index is 1240. The lowest BCUT2D eigenvalue weighted by Crippen LogP contribution is -2.12. The highest BCUT2D eigenvalue weighted by Gasteiger charge is 2.18. The molecule has 0 atom stereocenters. The van der Waals surface area contributed by atoms with Gasteiger partial charge in [-0.15, -0.1) is 0 Å². The molecular formula is C22H20N4O3. The number of fused-ring (bicyclic) bond motifs is 1. The lowest BCUT2D eigenvalue weighted by molar-refractivity contribution is 0.0941. The molecule has 2 aromatic heterocycles. The number of ether oxygens (including phenoxy) is 1. The molecule has 0 aliphatic heterocycles. The second kappa shape index (κ2) is 7.27. The first kappa shape index (κ1) is 18.5. The Labute approximate surface area is 167 Å². The smallest absolute Gasteiger partial charge is 0.257 e. The summed E-state index contributed by atoms with van der Waals surface area (Å²) in [5.74, 6) is 0.149. The summed E-state index contributed by atoms with van der Waals surface area (Å²) in [5.41, 5.74) is 3.63. The van der Waals surface area contributed by atoms with Gasteiger partial charge in [0.15, 0.2) is 0 Å². The third-order valence-corrected chi connectivity index (χ3v) is 4.75. The van der Waals surface area contributed by atoms with Crippen LogP contribution in [-0.2, 0) is 7.05 Å². The Kier molecular flexibility index (Phi) is 4.64. The zero-order valence-electron chi connectivity index (χ0n) is 16.3. The van der Waals surface area contributed by atoms with Crippen molar-refractivity contribution >= 4 is 28.4 Å². The standard InChI is InChI=1S/C22H20N4O3/c1-14(27)26-13-20(19-10-18(29-3)7-8-21(19)26)22(28)24-17-6-4-5-15(9-17)16-11-23-25(2)12-16/h4-13H,1-3H3,(H,24,28). The summed E-state index contributed by atoms with van der Waals surface area (Å²) in [4.78, 5) is 25.0. The fourth-order valence-electron chi connectivity index (χ4n) is 3.32. The second-order valence-electron chi connectivity index (χ2n) is 6.75. The molecule has 0 radical (unpaired) electrons. The van der Waals surface area contributed by atoms with Crippen molar-refractivity contribution in [2.75, 3.05) is 12.4 Å². The predicted octanol–water partition coefficient (Wildman–Crippen LogP) is 3.96. The average molecular weight is 388 g/mol. The Morgan fingerprint density at radius 3 is 2.59 bits per heavy atom. The van der Waals surface area contributed by atoms with E-state index in [4.69, 9.17) is 4.74 Å². The summed E-state index contributed by atoms with van der Waals surface area (Å²) < 4.78 is 8.47. The van der Waals surface area contributed by atoms with Crippen LogP contribution in [0.3, 0.4) is 0 Å². The van der Waals surface area contributed by atoms with E-state index >= 15 is 0 Å². The van der Waals surface area contributed by atoms with E-state index in [9.17, 15) is 9.59 Å². The molecule has 0 saturated heterocycles. The summed E-state index contributed by atoms with van der Waals surface area (Å²) >= 11 is 0. The summed E-state index contributed by atoms with van der Waals surface area (Å²) in [6.45, 7) is 1.46. The van der Waals surface area contributed by atoms with Gasteiger partial charge in [0.25, 0.3) is 5.91 Å². The summed E-state index contributed by atoms with van der Waals surface area (Å²) in [7, 11) is 3.42. The molecule has 0 spiro atoms. The molecular weight excluding hydrogens is 368 g/mol. The van der Waals surface area contributed by atoms with Gasteiger partial charge in [0.05, 0.1) is 24.4 Å². The number of anilines is 1. The molecule has 0 bridgehead atoms. The lowest BCUT2D eigenvalue weighted by Gasteiger charge is -2.07. The maximum absolute atomic E-state index is 13.0. The van der Waals surface area contributed by atoms with Gasteiger partial charge < -0.3 is 10.1 Å². The van der Waals surface area contributed by atoms with Crippen molar-refractivity contribution in [3.8, 4) is 16.9 Å². The first-order valence-corrected chi connectivity index (χ1v) is 9.07. The van der Waals surface area contributed by atoms with Gasteiger partial charge in [0, 0.05) is 43.0 Å². The van der Waals surface area contributed by atoms with Gasteiger partial charge in [0.1, 0.15) is 5.75 Å². The topological polar surface area (TPSA) is 78.2 Å². The molecule has 1 amide bonds. The second-order valence-corrected chi connectivity index (χ2v) is 6.75. The van der Waals surface area contributed by atoms with Crippen LogP contribution in [0.4, 0.5) is 5.69 Å². The zero-order valence-corrected chi connectivity index (χ0v) is 16.3. The van der Waals surface area contributed by atoms with Gasteiger partial charge in [-0.2, -0.15) is 5.10 Å². The third kappa shape index (κ3) is 3.50. The number of nitrogens with one attached hydrogen (secondary N) is 1. The van der Waals surface area contributed by atoms with Gasteiger partial charge in [-0.1, -0.05) is 12.1 Å². The number of benzene rings is 2. The van der Waals surface area contributed by atoms with Crippen LogP contribution in [-0.4, -0.2) is 33.3 Å². The maximum atomic E-state index is 13.0. The minimum absolute atomic E-state index is 0.169. The Morgan fingerprint density at radius 2 is 1.90 bits per heavy atom. The van der Waals surface area contributed by atoms with Crippen LogP contribution in [0.5, 0.6) is 5.75 Å². The van der Waals surface area contributed by atoms with Crippen molar-refractivity contribution in [2.24, 2.45) is 7.05 Å². The van der Waals surface area contributed by atoms with Crippen molar-refractivity contribution in [3.63, 3.8) is 0 Å². The SMILES string of the molecule is COc1ccc2c(c1)c(C(=O)Nc1cccc(-c3cnn(C)c3)c1)cn2C(C)=O. The molecule has 0 aliphatic rings. The lowest BCUT2D eigenvalue weighted by atomic mass is 10.1. The van der Waals surface area contributed by atoms with Crippen molar-refractivity contribution < 1.29 is 14.3 Å².